The Morgan fingerprint density at radius 1 is 0.589 bits per heavy atom. The Bertz CT molecular complexity index is 2370. The maximum Gasteiger partial charge on any atom is 0.344 e. The van der Waals surface area contributed by atoms with Crippen LogP contribution in [0, 0.1) is 10.1 Å². The summed E-state index contributed by atoms with van der Waals surface area (Å²) in [5, 5.41) is 29.9. The second-order valence-electron chi connectivity index (χ2n) is 12.8. The molecule has 6 aromatic rings. The van der Waals surface area contributed by atoms with Crippen LogP contribution in [-0.2, 0) is 16.9 Å². The predicted molar refractivity (Wildman–Crippen MR) is 202 cm³/mol. The number of nitrogens with zero attached hydrogens (tertiary/aromatic N) is 1. The van der Waals surface area contributed by atoms with Crippen LogP contribution >= 0.6 is 0 Å². The fourth-order valence-electron chi connectivity index (χ4n) is 5.64. The van der Waals surface area contributed by atoms with Crippen LogP contribution in [0.4, 0.5) is 5.69 Å². The lowest BCUT2D eigenvalue weighted by Gasteiger charge is -2.26. The number of hydrogen-bond donors (Lipinski definition) is 2. The van der Waals surface area contributed by atoms with E-state index >= 15 is 0 Å². The number of non-ortho nitro benzene ring substituents is 1. The van der Waals surface area contributed by atoms with Gasteiger partial charge in [-0.2, -0.15) is 4.89 Å². The third-order valence-electron chi connectivity index (χ3n) is 8.76. The van der Waals surface area contributed by atoms with Gasteiger partial charge in [0.2, 0.25) is 0 Å². The van der Waals surface area contributed by atoms with Gasteiger partial charge in [-0.1, -0.05) is 56.3 Å². The van der Waals surface area contributed by atoms with Crippen molar-refractivity contribution >= 4 is 23.6 Å². The number of ether oxygens (including phenoxy) is 3. The normalized spacial score (nSPS) is 11.0. The monoisotopic (exact) mass is 755 g/mol. The quantitative estimate of drug-likeness (QED) is 0.0333. The highest BCUT2D eigenvalue weighted by Gasteiger charge is 2.24. The van der Waals surface area contributed by atoms with Crippen molar-refractivity contribution in [3.05, 3.63) is 183 Å². The van der Waals surface area contributed by atoms with E-state index in [9.17, 15) is 34.7 Å². The van der Waals surface area contributed by atoms with Gasteiger partial charge in [0, 0.05) is 17.5 Å². The van der Waals surface area contributed by atoms with Crippen molar-refractivity contribution in [3.63, 3.8) is 0 Å². The molecule has 56 heavy (non-hydrogen) atoms. The van der Waals surface area contributed by atoms with Crippen LogP contribution in [0.2, 0.25) is 0 Å². The van der Waals surface area contributed by atoms with Crippen molar-refractivity contribution in [2.24, 2.45) is 0 Å². The van der Waals surface area contributed by atoms with E-state index in [0.29, 0.717) is 34.3 Å². The average molecular weight is 756 g/mol. The summed E-state index contributed by atoms with van der Waals surface area (Å²) >= 11 is 0. The zero-order valence-corrected chi connectivity index (χ0v) is 29.9. The lowest BCUT2D eigenvalue weighted by Crippen LogP contribution is -2.18. The summed E-state index contributed by atoms with van der Waals surface area (Å²) in [6, 6.07) is 37.7. The number of carbonyl (C=O) groups is 3. The summed E-state index contributed by atoms with van der Waals surface area (Å²) in [5.74, 6) is -0.766. The molecule has 13 heteroatoms. The van der Waals surface area contributed by atoms with Crippen molar-refractivity contribution in [2.75, 3.05) is 0 Å². The van der Waals surface area contributed by atoms with E-state index in [-0.39, 0.29) is 23.3 Å². The molecule has 0 spiro atoms. The summed E-state index contributed by atoms with van der Waals surface area (Å²) in [6.07, 6.45) is 0. The van der Waals surface area contributed by atoms with Gasteiger partial charge < -0.3 is 29.3 Å². The molecule has 13 nitrogen and oxygen atoms in total. The van der Waals surface area contributed by atoms with Gasteiger partial charge in [-0.05, 0) is 102 Å². The second-order valence-corrected chi connectivity index (χ2v) is 12.8. The van der Waals surface area contributed by atoms with E-state index < -0.39 is 39.6 Å². The molecule has 6 aromatic carbocycles. The molecule has 0 aromatic heterocycles. The molecule has 2 N–H and O–H groups in total. The first-order valence-electron chi connectivity index (χ1n) is 17.0. The molecule has 0 amide bonds. The van der Waals surface area contributed by atoms with Crippen molar-refractivity contribution in [1.82, 2.24) is 0 Å². The minimum Gasteiger partial charge on any atom is -0.478 e. The zero-order chi connectivity index (χ0) is 39.8. The van der Waals surface area contributed by atoms with Crippen LogP contribution in [0.3, 0.4) is 0 Å². The van der Waals surface area contributed by atoms with Gasteiger partial charge in [-0.3, -0.25) is 10.1 Å². The first kappa shape index (κ1) is 38.2. The number of carbonyl (C=O) groups excluding carboxylic acids is 1. The second kappa shape index (κ2) is 16.7. The van der Waals surface area contributed by atoms with Gasteiger partial charge in [0.1, 0.15) is 35.4 Å². The van der Waals surface area contributed by atoms with Crippen molar-refractivity contribution < 1.29 is 53.5 Å². The number of aromatic carboxylic acids is 2. The molecule has 0 fully saturated rings. The molecule has 0 saturated heterocycles. The number of esters is 1. The van der Waals surface area contributed by atoms with E-state index in [0.717, 1.165) is 29.3 Å². The first-order valence-corrected chi connectivity index (χ1v) is 17.0. The summed E-state index contributed by atoms with van der Waals surface area (Å²) in [4.78, 5) is 56.7. The fourth-order valence-corrected chi connectivity index (χ4v) is 5.64. The van der Waals surface area contributed by atoms with Gasteiger partial charge >= 0.3 is 17.9 Å². The number of hydrogen-bond acceptors (Lipinski definition) is 10. The van der Waals surface area contributed by atoms with Crippen LogP contribution in [0.15, 0.2) is 140 Å². The number of benzene rings is 6. The lowest BCUT2D eigenvalue weighted by molar-refractivity contribution is -0.384. The molecule has 0 aliphatic carbocycles. The Balaban J connectivity index is 1.01. The van der Waals surface area contributed by atoms with E-state index in [1.165, 1.54) is 18.2 Å². The van der Waals surface area contributed by atoms with Gasteiger partial charge in [0.15, 0.2) is 5.75 Å². The SMILES string of the molecule is CC(C)(c1ccc(Oc2ccc(OOCc3ccccc3C(=O)O)cc2)cc1)c1ccc(Oc2ccc(OC(=O)c3cc([N+](=O)[O-])ccc3C(=O)O)cc2)cc1. The van der Waals surface area contributed by atoms with Gasteiger partial charge in [-0.15, -0.1) is 0 Å². The highest BCUT2D eigenvalue weighted by Crippen LogP contribution is 2.35. The highest BCUT2D eigenvalue weighted by molar-refractivity contribution is 6.03. The first-order chi connectivity index (χ1) is 26.9. The standard InChI is InChI=1S/C43H33NO12/c1-43(2,29-9-14-32(15-10-29)54-34-20-22-36(23-21-34)56-52-26-27-5-3-4-6-37(27)40(45)46)28-7-12-31(13-8-28)53-33-16-18-35(19-17-33)55-42(49)39-25-30(44(50)51)11-24-38(39)41(47)48/h3-25H,26H2,1-2H3,(H,45,46)(H,47,48). The maximum atomic E-state index is 12.7. The average Bonchev–Trinajstić information content (AvgIpc) is 3.19. The Morgan fingerprint density at radius 3 is 1.55 bits per heavy atom. The number of carboxylic acid groups (broad SMARTS) is 2. The highest BCUT2D eigenvalue weighted by atomic mass is 17.2. The van der Waals surface area contributed by atoms with Crippen LogP contribution in [0.5, 0.6) is 34.5 Å². The summed E-state index contributed by atoms with van der Waals surface area (Å²) in [6.45, 7) is 4.18. The molecule has 0 aliphatic rings. The van der Waals surface area contributed by atoms with Crippen molar-refractivity contribution in [1.29, 1.82) is 0 Å². The minimum absolute atomic E-state index is 0.0327. The maximum absolute atomic E-state index is 12.7. The molecule has 282 valence electrons. The number of carboxylic acids is 2. The predicted octanol–water partition coefficient (Wildman–Crippen LogP) is 9.63. The molecule has 0 heterocycles. The Morgan fingerprint density at radius 2 is 1.05 bits per heavy atom. The Labute approximate surface area is 319 Å². The van der Waals surface area contributed by atoms with E-state index in [1.807, 2.05) is 48.5 Å². The topological polar surface area (TPSA) is 181 Å². The third kappa shape index (κ3) is 9.16. The number of rotatable bonds is 15. The minimum atomic E-state index is -1.42. The Kier molecular flexibility index (Phi) is 11.4. The van der Waals surface area contributed by atoms with Crippen LogP contribution in [0.25, 0.3) is 0 Å². The molecule has 0 radical (unpaired) electrons. The molecule has 0 atom stereocenters. The molecular weight excluding hydrogens is 722 g/mol. The third-order valence-corrected chi connectivity index (χ3v) is 8.76. The number of nitro groups is 1. The molecular formula is C43H33NO12. The molecule has 0 unspecified atom stereocenters. The fraction of sp³-hybridized carbons (Fsp3) is 0.0930. The Hall–Kier alpha value is -7.51. The van der Waals surface area contributed by atoms with E-state index in [1.54, 1.807) is 54.6 Å². The van der Waals surface area contributed by atoms with Crippen molar-refractivity contribution in [2.45, 2.75) is 25.9 Å². The smallest absolute Gasteiger partial charge is 0.344 e. The van der Waals surface area contributed by atoms with Gasteiger partial charge in [0.25, 0.3) is 5.69 Å². The van der Waals surface area contributed by atoms with Crippen LogP contribution in [-0.4, -0.2) is 33.0 Å². The summed E-state index contributed by atoms with van der Waals surface area (Å²) < 4.78 is 17.3. The lowest BCUT2D eigenvalue weighted by atomic mass is 9.78. The molecule has 6 rings (SSSR count). The zero-order valence-electron chi connectivity index (χ0n) is 29.9. The largest absolute Gasteiger partial charge is 0.478 e. The van der Waals surface area contributed by atoms with Gasteiger partial charge in [0.05, 0.1) is 21.6 Å². The molecule has 0 saturated carbocycles. The van der Waals surface area contributed by atoms with Crippen molar-refractivity contribution in [3.8, 4) is 34.5 Å². The van der Waals surface area contributed by atoms with Gasteiger partial charge in [-0.25, -0.2) is 14.4 Å². The van der Waals surface area contributed by atoms with Crippen LogP contribution < -0.4 is 19.1 Å². The summed E-state index contributed by atoms with van der Waals surface area (Å²) in [5.41, 5.74) is 1.05. The number of nitro benzene ring substituents is 1. The van der Waals surface area contributed by atoms with Crippen LogP contribution in [0.1, 0.15) is 61.6 Å². The molecule has 0 bridgehead atoms. The summed E-state index contributed by atoms with van der Waals surface area (Å²) in [7, 11) is 0. The molecule has 0 aliphatic heterocycles. The van der Waals surface area contributed by atoms with E-state index in [4.69, 9.17) is 24.0 Å². The van der Waals surface area contributed by atoms with E-state index in [2.05, 4.69) is 13.8 Å².